The first-order valence-corrected chi connectivity index (χ1v) is 7.09. The summed E-state index contributed by atoms with van der Waals surface area (Å²) in [7, 11) is 1.58. The number of methoxy groups -OCH3 is 1. The Morgan fingerprint density at radius 1 is 1.30 bits per heavy atom. The molecule has 0 saturated heterocycles. The first-order chi connectivity index (χ1) is 9.51. The predicted molar refractivity (Wildman–Crippen MR) is 84.6 cm³/mol. The van der Waals surface area contributed by atoms with E-state index >= 15 is 0 Å². The van der Waals surface area contributed by atoms with E-state index < -0.39 is 0 Å². The molecule has 0 atom stereocenters. The van der Waals surface area contributed by atoms with Crippen LogP contribution in [0.1, 0.15) is 15.9 Å². The number of ether oxygens (including phenoxy) is 1. The second-order valence-corrected chi connectivity index (χ2v) is 5.62. The minimum Gasteiger partial charge on any atom is -0.496 e. The van der Waals surface area contributed by atoms with E-state index in [9.17, 15) is 4.79 Å². The summed E-state index contributed by atoms with van der Waals surface area (Å²) in [5.41, 5.74) is 7.45. The smallest absolute Gasteiger partial charge is 0.167 e. The molecule has 5 heteroatoms. The van der Waals surface area contributed by atoms with Crippen molar-refractivity contribution in [3.8, 4) is 5.75 Å². The monoisotopic (exact) mass is 353 g/mol. The topological polar surface area (TPSA) is 52.3 Å². The van der Waals surface area contributed by atoms with Crippen molar-refractivity contribution in [3.05, 3.63) is 57.0 Å². The standard InChI is InChI=1S/C15H13BrClNO2/c1-20-15-5-3-11(16)6-10(15)8-14(19)9-2-4-13(18)12(17)7-9/h2-7H,8,18H2,1H3. The van der Waals surface area contributed by atoms with Crippen LogP contribution in [0.3, 0.4) is 0 Å². The molecule has 0 saturated carbocycles. The minimum atomic E-state index is -0.0386. The van der Waals surface area contributed by atoms with Crippen molar-refractivity contribution in [2.45, 2.75) is 6.42 Å². The Morgan fingerprint density at radius 3 is 2.70 bits per heavy atom. The number of rotatable bonds is 4. The molecule has 0 aromatic heterocycles. The lowest BCUT2D eigenvalue weighted by Gasteiger charge is -2.09. The number of nitrogens with two attached hydrogens (primary N) is 1. The van der Waals surface area contributed by atoms with Gasteiger partial charge in [-0.25, -0.2) is 0 Å². The number of benzene rings is 2. The summed E-state index contributed by atoms with van der Waals surface area (Å²) in [4.78, 5) is 12.3. The van der Waals surface area contributed by atoms with Crippen LogP contribution in [0.4, 0.5) is 5.69 Å². The molecule has 2 rings (SSSR count). The predicted octanol–water partition coefficient (Wildman–Crippen LogP) is 4.12. The Bertz CT molecular complexity index is 658. The fourth-order valence-electron chi connectivity index (χ4n) is 1.86. The molecule has 0 aliphatic heterocycles. The SMILES string of the molecule is COc1ccc(Br)cc1CC(=O)c1ccc(N)c(Cl)c1. The molecule has 2 aromatic carbocycles. The summed E-state index contributed by atoms with van der Waals surface area (Å²) < 4.78 is 6.16. The van der Waals surface area contributed by atoms with Gasteiger partial charge in [0.25, 0.3) is 0 Å². The third-order valence-electron chi connectivity index (χ3n) is 2.92. The van der Waals surface area contributed by atoms with Gasteiger partial charge in [-0.15, -0.1) is 0 Å². The largest absolute Gasteiger partial charge is 0.496 e. The Kier molecular flexibility index (Phi) is 4.68. The lowest BCUT2D eigenvalue weighted by molar-refractivity contribution is 0.0992. The van der Waals surface area contributed by atoms with Crippen LogP contribution in [0.15, 0.2) is 40.9 Å². The average molecular weight is 355 g/mol. The van der Waals surface area contributed by atoms with Crippen molar-refractivity contribution in [2.24, 2.45) is 0 Å². The zero-order chi connectivity index (χ0) is 14.7. The maximum absolute atomic E-state index is 12.3. The number of nitrogen functional groups attached to an aromatic ring is 1. The quantitative estimate of drug-likeness (QED) is 0.664. The molecular weight excluding hydrogens is 342 g/mol. The molecule has 20 heavy (non-hydrogen) atoms. The third-order valence-corrected chi connectivity index (χ3v) is 3.74. The van der Waals surface area contributed by atoms with Crippen LogP contribution in [0.5, 0.6) is 5.75 Å². The lowest BCUT2D eigenvalue weighted by atomic mass is 10.0. The summed E-state index contributed by atoms with van der Waals surface area (Å²) in [5.74, 6) is 0.645. The normalized spacial score (nSPS) is 10.3. The number of ketones is 1. The van der Waals surface area contributed by atoms with Gasteiger partial charge in [0.15, 0.2) is 5.78 Å². The van der Waals surface area contributed by atoms with Gasteiger partial charge in [-0.05, 0) is 36.4 Å². The van der Waals surface area contributed by atoms with Crippen molar-refractivity contribution in [3.63, 3.8) is 0 Å². The first kappa shape index (κ1) is 14.9. The van der Waals surface area contributed by atoms with Gasteiger partial charge in [0, 0.05) is 22.0 Å². The Morgan fingerprint density at radius 2 is 2.05 bits per heavy atom. The number of carbonyl (C=O) groups excluding carboxylic acids is 1. The van der Waals surface area contributed by atoms with E-state index in [4.69, 9.17) is 22.1 Å². The molecule has 0 bridgehead atoms. The van der Waals surface area contributed by atoms with Gasteiger partial charge < -0.3 is 10.5 Å². The molecule has 0 spiro atoms. The molecule has 0 amide bonds. The molecule has 0 aliphatic carbocycles. The van der Waals surface area contributed by atoms with Crippen LogP contribution in [-0.4, -0.2) is 12.9 Å². The molecule has 2 aromatic rings. The highest BCUT2D eigenvalue weighted by Crippen LogP contribution is 2.25. The van der Waals surface area contributed by atoms with Gasteiger partial charge >= 0.3 is 0 Å². The second kappa shape index (κ2) is 6.29. The summed E-state index contributed by atoms with van der Waals surface area (Å²) in [5, 5.41) is 0.386. The zero-order valence-corrected chi connectivity index (χ0v) is 13.2. The van der Waals surface area contributed by atoms with Crippen molar-refractivity contribution in [1.29, 1.82) is 0 Å². The number of Topliss-reactive ketones (excluding diaryl/α,β-unsaturated/α-hetero) is 1. The highest BCUT2D eigenvalue weighted by molar-refractivity contribution is 9.10. The van der Waals surface area contributed by atoms with Crippen LogP contribution >= 0.6 is 27.5 Å². The maximum atomic E-state index is 12.3. The fraction of sp³-hybridized carbons (Fsp3) is 0.133. The van der Waals surface area contributed by atoms with Gasteiger partial charge in [-0.2, -0.15) is 0 Å². The molecular formula is C15H13BrClNO2. The highest BCUT2D eigenvalue weighted by atomic mass is 79.9. The van der Waals surface area contributed by atoms with E-state index in [2.05, 4.69) is 15.9 Å². The summed E-state index contributed by atoms with van der Waals surface area (Å²) in [6.45, 7) is 0. The van der Waals surface area contributed by atoms with E-state index in [0.29, 0.717) is 22.0 Å². The molecule has 104 valence electrons. The number of anilines is 1. The van der Waals surface area contributed by atoms with Crippen molar-refractivity contribution < 1.29 is 9.53 Å². The van der Waals surface area contributed by atoms with Crippen molar-refractivity contribution in [2.75, 3.05) is 12.8 Å². The Labute approximate surface area is 130 Å². The van der Waals surface area contributed by atoms with Gasteiger partial charge in [0.1, 0.15) is 5.75 Å². The van der Waals surface area contributed by atoms with Crippen molar-refractivity contribution in [1.82, 2.24) is 0 Å². The number of hydrogen-bond acceptors (Lipinski definition) is 3. The van der Waals surface area contributed by atoms with Gasteiger partial charge in [0.05, 0.1) is 17.8 Å². The van der Waals surface area contributed by atoms with E-state index in [0.717, 1.165) is 10.0 Å². The fourth-order valence-corrected chi connectivity index (χ4v) is 2.45. The van der Waals surface area contributed by atoms with E-state index in [-0.39, 0.29) is 12.2 Å². The van der Waals surface area contributed by atoms with E-state index in [1.54, 1.807) is 25.3 Å². The highest BCUT2D eigenvalue weighted by Gasteiger charge is 2.12. The van der Waals surface area contributed by atoms with E-state index in [1.165, 1.54) is 0 Å². The Balaban J connectivity index is 2.27. The van der Waals surface area contributed by atoms with Crippen molar-refractivity contribution >= 4 is 39.0 Å². The van der Waals surface area contributed by atoms with Crippen LogP contribution < -0.4 is 10.5 Å². The molecule has 0 unspecified atom stereocenters. The number of hydrogen-bond donors (Lipinski definition) is 1. The molecule has 0 heterocycles. The summed E-state index contributed by atoms with van der Waals surface area (Å²) in [6, 6.07) is 10.5. The Hall–Kier alpha value is -1.52. The lowest BCUT2D eigenvalue weighted by Crippen LogP contribution is -2.05. The molecule has 0 fully saturated rings. The van der Waals surface area contributed by atoms with Crippen LogP contribution in [-0.2, 0) is 6.42 Å². The first-order valence-electron chi connectivity index (χ1n) is 5.92. The van der Waals surface area contributed by atoms with Gasteiger partial charge in [-0.3, -0.25) is 4.79 Å². The summed E-state index contributed by atoms with van der Waals surface area (Å²) in [6.07, 6.45) is 0.239. The van der Waals surface area contributed by atoms with Crippen LogP contribution in [0.25, 0.3) is 0 Å². The maximum Gasteiger partial charge on any atom is 0.167 e. The van der Waals surface area contributed by atoms with Crippen LogP contribution in [0, 0.1) is 0 Å². The van der Waals surface area contributed by atoms with E-state index in [1.807, 2.05) is 18.2 Å². The molecule has 3 nitrogen and oxygen atoms in total. The average Bonchev–Trinajstić information content (AvgIpc) is 2.42. The second-order valence-electron chi connectivity index (χ2n) is 4.29. The van der Waals surface area contributed by atoms with Gasteiger partial charge in [-0.1, -0.05) is 27.5 Å². The minimum absolute atomic E-state index is 0.0386. The molecule has 2 N–H and O–H groups in total. The molecule has 0 aliphatic rings. The van der Waals surface area contributed by atoms with Gasteiger partial charge in [0.2, 0.25) is 0 Å². The van der Waals surface area contributed by atoms with Crippen LogP contribution in [0.2, 0.25) is 5.02 Å². The molecule has 0 radical (unpaired) electrons. The number of carbonyl (C=O) groups is 1. The zero-order valence-electron chi connectivity index (χ0n) is 10.8. The summed E-state index contributed by atoms with van der Waals surface area (Å²) >= 11 is 9.32. The third kappa shape index (κ3) is 3.32. The number of halogens is 2.